The largest absolute Gasteiger partial charge is 0.380 e. The highest BCUT2D eigenvalue weighted by molar-refractivity contribution is 9.10. The first-order valence-electron chi connectivity index (χ1n) is 6.39. The van der Waals surface area contributed by atoms with Crippen LogP contribution < -0.4 is 5.32 Å². The Morgan fingerprint density at radius 3 is 2.55 bits per heavy atom. The molecule has 3 aromatic carbocycles. The molecule has 0 unspecified atom stereocenters. The number of hydrogen-bond acceptors (Lipinski definition) is 1. The van der Waals surface area contributed by atoms with Crippen LogP contribution in [0.25, 0.3) is 10.8 Å². The SMILES string of the molecule is Clc1ccc(Br)c(NCc2ccc3ccccc3c2)c1. The van der Waals surface area contributed by atoms with Crippen LogP contribution in [0.3, 0.4) is 0 Å². The van der Waals surface area contributed by atoms with Crippen LogP contribution in [0.15, 0.2) is 65.1 Å². The summed E-state index contributed by atoms with van der Waals surface area (Å²) in [6.07, 6.45) is 0. The number of fused-ring (bicyclic) bond motifs is 1. The molecule has 0 fully saturated rings. The van der Waals surface area contributed by atoms with Gasteiger partial charge in [0, 0.05) is 16.0 Å². The van der Waals surface area contributed by atoms with Gasteiger partial charge >= 0.3 is 0 Å². The third-order valence-corrected chi connectivity index (χ3v) is 4.15. The molecular formula is C17H13BrClN. The van der Waals surface area contributed by atoms with Gasteiger partial charge in [-0.25, -0.2) is 0 Å². The standard InChI is InChI=1S/C17H13BrClN/c18-16-8-7-15(19)10-17(16)20-11-12-5-6-13-3-1-2-4-14(13)9-12/h1-10,20H,11H2. The van der Waals surface area contributed by atoms with Gasteiger partial charge in [0.25, 0.3) is 0 Å². The number of hydrogen-bond donors (Lipinski definition) is 1. The first kappa shape index (κ1) is 13.5. The second-order valence-corrected chi connectivity index (χ2v) is 5.95. The zero-order chi connectivity index (χ0) is 13.9. The average Bonchev–Trinajstić information content (AvgIpc) is 2.48. The van der Waals surface area contributed by atoms with Gasteiger partial charge in [-0.15, -0.1) is 0 Å². The molecule has 0 saturated carbocycles. The summed E-state index contributed by atoms with van der Waals surface area (Å²) in [6.45, 7) is 0.768. The minimum absolute atomic E-state index is 0.731. The third kappa shape index (κ3) is 2.97. The first-order chi connectivity index (χ1) is 9.72. The normalized spacial score (nSPS) is 10.7. The molecule has 3 rings (SSSR count). The molecule has 1 nitrogen and oxygen atoms in total. The van der Waals surface area contributed by atoms with Crippen molar-refractivity contribution < 1.29 is 0 Å². The molecule has 3 aromatic rings. The molecule has 0 aromatic heterocycles. The fraction of sp³-hybridized carbons (Fsp3) is 0.0588. The van der Waals surface area contributed by atoms with Crippen molar-refractivity contribution in [2.45, 2.75) is 6.54 Å². The topological polar surface area (TPSA) is 12.0 Å². The van der Waals surface area contributed by atoms with Crippen LogP contribution in [0.5, 0.6) is 0 Å². The molecule has 1 N–H and O–H groups in total. The summed E-state index contributed by atoms with van der Waals surface area (Å²) < 4.78 is 1.02. The number of anilines is 1. The summed E-state index contributed by atoms with van der Waals surface area (Å²) in [6, 6.07) is 20.6. The van der Waals surface area contributed by atoms with E-state index in [1.54, 1.807) is 0 Å². The highest BCUT2D eigenvalue weighted by Crippen LogP contribution is 2.26. The molecule has 0 amide bonds. The van der Waals surface area contributed by atoms with Crippen molar-refractivity contribution in [1.82, 2.24) is 0 Å². The molecular weight excluding hydrogens is 334 g/mol. The van der Waals surface area contributed by atoms with Crippen LogP contribution in [0.2, 0.25) is 5.02 Å². The van der Waals surface area contributed by atoms with E-state index in [0.29, 0.717) is 0 Å². The number of rotatable bonds is 3. The second-order valence-electron chi connectivity index (χ2n) is 4.66. The van der Waals surface area contributed by atoms with Crippen molar-refractivity contribution in [2.75, 3.05) is 5.32 Å². The lowest BCUT2D eigenvalue weighted by Crippen LogP contribution is -2.00. The highest BCUT2D eigenvalue weighted by atomic mass is 79.9. The Morgan fingerprint density at radius 2 is 1.70 bits per heavy atom. The Labute approximate surface area is 131 Å². The van der Waals surface area contributed by atoms with E-state index in [9.17, 15) is 0 Å². The Hall–Kier alpha value is -1.51. The van der Waals surface area contributed by atoms with Crippen LogP contribution in [0, 0.1) is 0 Å². The number of halogens is 2. The first-order valence-corrected chi connectivity index (χ1v) is 7.56. The molecule has 0 bridgehead atoms. The highest BCUT2D eigenvalue weighted by Gasteiger charge is 2.01. The van der Waals surface area contributed by atoms with E-state index in [1.165, 1.54) is 16.3 Å². The molecule has 100 valence electrons. The minimum Gasteiger partial charge on any atom is -0.380 e. The van der Waals surface area contributed by atoms with E-state index in [4.69, 9.17) is 11.6 Å². The van der Waals surface area contributed by atoms with E-state index < -0.39 is 0 Å². The van der Waals surface area contributed by atoms with E-state index in [0.717, 1.165) is 21.7 Å². The Bertz CT molecular complexity index is 755. The van der Waals surface area contributed by atoms with E-state index in [1.807, 2.05) is 18.2 Å². The third-order valence-electron chi connectivity index (χ3n) is 3.23. The van der Waals surface area contributed by atoms with E-state index >= 15 is 0 Å². The summed E-state index contributed by atoms with van der Waals surface area (Å²) in [4.78, 5) is 0. The monoisotopic (exact) mass is 345 g/mol. The van der Waals surface area contributed by atoms with Crippen molar-refractivity contribution >= 4 is 44.0 Å². The predicted octanol–water partition coefficient (Wildman–Crippen LogP) is 5.87. The van der Waals surface area contributed by atoms with Gasteiger partial charge in [-0.1, -0.05) is 48.0 Å². The van der Waals surface area contributed by atoms with Gasteiger partial charge in [0.2, 0.25) is 0 Å². The maximum absolute atomic E-state index is 6.02. The molecule has 0 atom stereocenters. The maximum atomic E-state index is 6.02. The van der Waals surface area contributed by atoms with E-state index in [2.05, 4.69) is 63.7 Å². The maximum Gasteiger partial charge on any atom is 0.0502 e. The molecule has 0 spiro atoms. The van der Waals surface area contributed by atoms with Crippen LogP contribution in [0.4, 0.5) is 5.69 Å². The smallest absolute Gasteiger partial charge is 0.0502 e. The Morgan fingerprint density at radius 1 is 0.900 bits per heavy atom. The van der Waals surface area contributed by atoms with Crippen LogP contribution in [-0.2, 0) is 6.54 Å². The molecule has 0 aliphatic carbocycles. The van der Waals surface area contributed by atoms with Crippen LogP contribution in [-0.4, -0.2) is 0 Å². The molecule has 0 radical (unpaired) electrons. The lowest BCUT2D eigenvalue weighted by Gasteiger charge is -2.10. The van der Waals surface area contributed by atoms with Crippen LogP contribution in [0.1, 0.15) is 5.56 Å². The van der Waals surface area contributed by atoms with Crippen molar-refractivity contribution in [2.24, 2.45) is 0 Å². The fourth-order valence-electron chi connectivity index (χ4n) is 2.18. The number of nitrogens with one attached hydrogen (secondary N) is 1. The molecule has 0 saturated heterocycles. The van der Waals surface area contributed by atoms with Crippen molar-refractivity contribution in [3.63, 3.8) is 0 Å². The van der Waals surface area contributed by atoms with Gasteiger partial charge < -0.3 is 5.32 Å². The van der Waals surface area contributed by atoms with Gasteiger partial charge in [0.05, 0.1) is 5.69 Å². The van der Waals surface area contributed by atoms with Crippen LogP contribution >= 0.6 is 27.5 Å². The zero-order valence-electron chi connectivity index (χ0n) is 10.7. The fourth-order valence-corrected chi connectivity index (χ4v) is 2.74. The quantitative estimate of drug-likeness (QED) is 0.625. The lowest BCUT2D eigenvalue weighted by molar-refractivity contribution is 1.15. The van der Waals surface area contributed by atoms with Crippen molar-refractivity contribution in [1.29, 1.82) is 0 Å². The second kappa shape index (κ2) is 5.86. The van der Waals surface area contributed by atoms with Gasteiger partial charge in [0.15, 0.2) is 0 Å². The lowest BCUT2D eigenvalue weighted by atomic mass is 10.1. The summed E-state index contributed by atoms with van der Waals surface area (Å²) >= 11 is 9.54. The zero-order valence-corrected chi connectivity index (χ0v) is 13.1. The Balaban J connectivity index is 1.81. The van der Waals surface area contributed by atoms with Crippen molar-refractivity contribution in [3.8, 4) is 0 Å². The summed E-state index contributed by atoms with van der Waals surface area (Å²) in [5.74, 6) is 0. The van der Waals surface area contributed by atoms with Gasteiger partial charge in [-0.3, -0.25) is 0 Å². The van der Waals surface area contributed by atoms with Gasteiger partial charge in [0.1, 0.15) is 0 Å². The molecule has 20 heavy (non-hydrogen) atoms. The molecule has 0 aliphatic heterocycles. The summed E-state index contributed by atoms with van der Waals surface area (Å²) in [5, 5.41) is 6.66. The summed E-state index contributed by atoms with van der Waals surface area (Å²) in [5.41, 5.74) is 2.25. The molecule has 0 aliphatic rings. The van der Waals surface area contributed by atoms with Crippen molar-refractivity contribution in [3.05, 3.63) is 75.7 Å². The minimum atomic E-state index is 0.731. The molecule has 3 heteroatoms. The predicted molar refractivity (Wildman–Crippen MR) is 90.4 cm³/mol. The van der Waals surface area contributed by atoms with Gasteiger partial charge in [-0.05, 0) is 56.5 Å². The Kier molecular flexibility index (Phi) is 3.95. The van der Waals surface area contributed by atoms with E-state index in [-0.39, 0.29) is 0 Å². The summed E-state index contributed by atoms with van der Waals surface area (Å²) in [7, 11) is 0. The van der Waals surface area contributed by atoms with Gasteiger partial charge in [-0.2, -0.15) is 0 Å². The molecule has 0 heterocycles. The number of benzene rings is 3. The average molecular weight is 347 g/mol.